The molecular weight excluding hydrogens is 277 g/mol. The van der Waals surface area contributed by atoms with Crippen molar-refractivity contribution in [2.45, 2.75) is 37.8 Å². The Bertz CT molecular complexity index is 184. The summed E-state index contributed by atoms with van der Waals surface area (Å²) in [6.45, 7) is 4.77. The van der Waals surface area contributed by atoms with Gasteiger partial charge in [0.05, 0.1) is 6.10 Å². The first kappa shape index (κ1) is 11.5. The molecule has 1 fully saturated rings. The third kappa shape index (κ3) is 3.56. The van der Waals surface area contributed by atoms with E-state index in [9.17, 15) is 5.11 Å². The summed E-state index contributed by atoms with van der Waals surface area (Å²) in [6, 6.07) is 0.347. The maximum absolute atomic E-state index is 9.78. The summed E-state index contributed by atoms with van der Waals surface area (Å²) < 4.78 is 1.14. The predicted octanol–water partition coefficient (Wildman–Crippen LogP) is 2.17. The second-order valence-corrected chi connectivity index (χ2v) is 5.38. The molecule has 3 heteroatoms. The zero-order valence-electron chi connectivity index (χ0n) is 8.17. The Balaban J connectivity index is 2.43. The smallest absolute Gasteiger partial charge is 0.0695 e. The van der Waals surface area contributed by atoms with Crippen LogP contribution in [0.25, 0.3) is 0 Å². The Morgan fingerprint density at radius 3 is 2.69 bits per heavy atom. The molecule has 0 aromatic carbocycles. The van der Waals surface area contributed by atoms with Gasteiger partial charge in [-0.05, 0) is 46.1 Å². The molecule has 1 rings (SSSR count). The van der Waals surface area contributed by atoms with Crippen molar-refractivity contribution in [3.63, 3.8) is 0 Å². The highest BCUT2D eigenvalue weighted by molar-refractivity contribution is 14.1. The summed E-state index contributed by atoms with van der Waals surface area (Å²) in [5.74, 6) is 0. The molecule has 1 aliphatic carbocycles. The van der Waals surface area contributed by atoms with Gasteiger partial charge in [0.25, 0.3) is 0 Å². The van der Waals surface area contributed by atoms with E-state index in [1.165, 1.54) is 12.8 Å². The Kier molecular flexibility index (Phi) is 4.69. The fourth-order valence-corrected chi connectivity index (χ4v) is 2.53. The molecule has 0 heterocycles. The van der Waals surface area contributed by atoms with Crippen LogP contribution in [0.15, 0.2) is 10.2 Å². The maximum atomic E-state index is 9.78. The Labute approximate surface area is 94.1 Å². The molecule has 1 saturated carbocycles. The highest BCUT2D eigenvalue weighted by Crippen LogP contribution is 2.23. The van der Waals surface area contributed by atoms with E-state index in [1.54, 1.807) is 0 Å². The highest BCUT2D eigenvalue weighted by atomic mass is 127. The lowest BCUT2D eigenvalue weighted by Gasteiger charge is -2.35. The van der Waals surface area contributed by atoms with Gasteiger partial charge in [0.15, 0.2) is 0 Å². The fourth-order valence-electron chi connectivity index (χ4n) is 1.99. The van der Waals surface area contributed by atoms with Crippen molar-refractivity contribution in [2.24, 2.45) is 0 Å². The van der Waals surface area contributed by atoms with E-state index in [0.29, 0.717) is 6.04 Å². The van der Waals surface area contributed by atoms with Gasteiger partial charge in [0.1, 0.15) is 0 Å². The second-order valence-electron chi connectivity index (χ2n) is 3.85. The SMILES string of the molecule is C=C(I)CN(C)[C@H]1CCCC[C@@H]1O. The molecule has 0 aromatic rings. The number of rotatable bonds is 3. The predicted molar refractivity (Wildman–Crippen MR) is 64.1 cm³/mol. The van der Waals surface area contributed by atoms with Gasteiger partial charge in [-0.3, -0.25) is 4.90 Å². The summed E-state index contributed by atoms with van der Waals surface area (Å²) in [6.07, 6.45) is 4.38. The minimum Gasteiger partial charge on any atom is -0.391 e. The van der Waals surface area contributed by atoms with E-state index < -0.39 is 0 Å². The first-order valence-electron chi connectivity index (χ1n) is 4.83. The van der Waals surface area contributed by atoms with E-state index in [0.717, 1.165) is 23.0 Å². The largest absolute Gasteiger partial charge is 0.391 e. The third-order valence-electron chi connectivity index (χ3n) is 2.68. The van der Waals surface area contributed by atoms with Crippen LogP contribution in [0.1, 0.15) is 25.7 Å². The van der Waals surface area contributed by atoms with E-state index >= 15 is 0 Å². The lowest BCUT2D eigenvalue weighted by molar-refractivity contribution is 0.0372. The quantitative estimate of drug-likeness (QED) is 0.807. The van der Waals surface area contributed by atoms with Crippen LogP contribution in [0, 0.1) is 0 Å². The van der Waals surface area contributed by atoms with E-state index in [1.807, 2.05) is 0 Å². The van der Waals surface area contributed by atoms with Gasteiger partial charge in [-0.2, -0.15) is 0 Å². The number of likely N-dealkylation sites (N-methyl/N-ethyl adjacent to an activating group) is 1. The van der Waals surface area contributed by atoms with Gasteiger partial charge in [-0.15, -0.1) is 0 Å². The number of aliphatic hydroxyl groups excluding tert-OH is 1. The van der Waals surface area contributed by atoms with Gasteiger partial charge in [-0.1, -0.05) is 19.4 Å². The third-order valence-corrected chi connectivity index (χ3v) is 3.02. The van der Waals surface area contributed by atoms with Crippen molar-refractivity contribution >= 4 is 22.6 Å². The van der Waals surface area contributed by atoms with Gasteiger partial charge in [0.2, 0.25) is 0 Å². The van der Waals surface area contributed by atoms with Gasteiger partial charge < -0.3 is 5.11 Å². The van der Waals surface area contributed by atoms with Gasteiger partial charge >= 0.3 is 0 Å². The lowest BCUT2D eigenvalue weighted by atomic mass is 9.92. The van der Waals surface area contributed by atoms with Crippen molar-refractivity contribution < 1.29 is 5.11 Å². The van der Waals surface area contributed by atoms with E-state index in [4.69, 9.17) is 0 Å². The average molecular weight is 295 g/mol. The highest BCUT2D eigenvalue weighted by Gasteiger charge is 2.26. The van der Waals surface area contributed by atoms with E-state index in [2.05, 4.69) is 41.1 Å². The van der Waals surface area contributed by atoms with Crippen molar-refractivity contribution in [3.05, 3.63) is 10.2 Å². The van der Waals surface area contributed by atoms with Crippen LogP contribution in [0.2, 0.25) is 0 Å². The van der Waals surface area contributed by atoms with Crippen LogP contribution in [0.4, 0.5) is 0 Å². The minimum atomic E-state index is -0.130. The average Bonchev–Trinajstić information content (AvgIpc) is 2.03. The standard InChI is InChI=1S/C10H18INO/c1-8(11)7-12(2)9-5-3-4-6-10(9)13/h9-10,13H,1,3-7H2,2H3/t9-,10-/m0/s1. The first-order valence-corrected chi connectivity index (χ1v) is 5.90. The lowest BCUT2D eigenvalue weighted by Crippen LogP contribution is -2.43. The number of hydrogen-bond acceptors (Lipinski definition) is 2. The van der Waals surface area contributed by atoms with Crippen molar-refractivity contribution in [3.8, 4) is 0 Å². The van der Waals surface area contributed by atoms with Crippen LogP contribution in [0.3, 0.4) is 0 Å². The molecule has 0 saturated heterocycles. The topological polar surface area (TPSA) is 23.5 Å². The number of aliphatic hydroxyl groups is 1. The molecule has 0 amide bonds. The molecule has 76 valence electrons. The molecule has 0 radical (unpaired) electrons. The zero-order chi connectivity index (χ0) is 9.84. The van der Waals surface area contributed by atoms with E-state index in [-0.39, 0.29) is 6.10 Å². The molecule has 0 aliphatic heterocycles. The van der Waals surface area contributed by atoms with Gasteiger partial charge in [0, 0.05) is 12.6 Å². The van der Waals surface area contributed by atoms with Crippen molar-refractivity contribution in [1.29, 1.82) is 0 Å². The summed E-state index contributed by atoms with van der Waals surface area (Å²) in [5.41, 5.74) is 0. The second kappa shape index (κ2) is 5.32. The van der Waals surface area contributed by atoms with Crippen molar-refractivity contribution in [2.75, 3.05) is 13.6 Å². The van der Waals surface area contributed by atoms with Crippen LogP contribution >= 0.6 is 22.6 Å². The molecule has 1 N–H and O–H groups in total. The molecule has 0 spiro atoms. The monoisotopic (exact) mass is 295 g/mol. The Morgan fingerprint density at radius 1 is 1.54 bits per heavy atom. The molecule has 0 aromatic heterocycles. The summed E-state index contributed by atoms with van der Waals surface area (Å²) >= 11 is 2.24. The Hall–Kier alpha value is 0.390. The Morgan fingerprint density at radius 2 is 2.15 bits per heavy atom. The number of nitrogens with zero attached hydrogens (tertiary/aromatic N) is 1. The minimum absolute atomic E-state index is 0.130. The molecular formula is C10H18INO. The molecule has 1 aliphatic rings. The molecule has 2 atom stereocenters. The molecule has 13 heavy (non-hydrogen) atoms. The molecule has 0 unspecified atom stereocenters. The van der Waals surface area contributed by atoms with Crippen LogP contribution in [-0.4, -0.2) is 35.7 Å². The number of halogens is 1. The molecule has 0 bridgehead atoms. The number of hydrogen-bond donors (Lipinski definition) is 1. The van der Waals surface area contributed by atoms with Crippen molar-refractivity contribution in [1.82, 2.24) is 4.90 Å². The van der Waals surface area contributed by atoms with Gasteiger partial charge in [-0.25, -0.2) is 0 Å². The molecule has 2 nitrogen and oxygen atoms in total. The maximum Gasteiger partial charge on any atom is 0.0695 e. The zero-order valence-corrected chi connectivity index (χ0v) is 10.3. The normalized spacial score (nSPS) is 29.2. The summed E-state index contributed by atoms with van der Waals surface area (Å²) in [7, 11) is 2.07. The van der Waals surface area contributed by atoms with Crippen LogP contribution < -0.4 is 0 Å². The first-order chi connectivity index (χ1) is 6.11. The summed E-state index contributed by atoms with van der Waals surface area (Å²) in [4.78, 5) is 2.22. The van der Waals surface area contributed by atoms with Crippen LogP contribution in [-0.2, 0) is 0 Å². The van der Waals surface area contributed by atoms with Crippen LogP contribution in [0.5, 0.6) is 0 Å². The summed E-state index contributed by atoms with van der Waals surface area (Å²) in [5, 5.41) is 9.78. The fraction of sp³-hybridized carbons (Fsp3) is 0.800.